The molecule has 1 saturated heterocycles. The van der Waals surface area contributed by atoms with Crippen LogP contribution in [-0.4, -0.2) is 33.8 Å². The molecule has 0 spiro atoms. The van der Waals surface area contributed by atoms with Crippen LogP contribution in [-0.2, 0) is 11.0 Å². The van der Waals surface area contributed by atoms with Crippen molar-refractivity contribution in [1.82, 2.24) is 4.90 Å². The van der Waals surface area contributed by atoms with E-state index in [9.17, 15) is 32.9 Å². The Hall–Kier alpha value is -2.91. The second kappa shape index (κ2) is 5.87. The molecule has 0 aliphatic carbocycles. The highest BCUT2D eigenvalue weighted by Crippen LogP contribution is 2.40. The molecular formula is C15H14F3N3O4. The molecule has 0 aromatic heterocycles. The SMILES string of the molecule is C=CCN1C(=O)N(c2ccc([N+](=O)[O-])c(C(F)(F)F)c2)C(=O)C1(C)C. The monoisotopic (exact) mass is 357 g/mol. The second-order valence-electron chi connectivity index (χ2n) is 5.84. The number of benzene rings is 1. The van der Waals surface area contributed by atoms with Crippen LogP contribution >= 0.6 is 0 Å². The van der Waals surface area contributed by atoms with Crippen LogP contribution in [0.5, 0.6) is 0 Å². The number of rotatable bonds is 4. The minimum absolute atomic E-state index is 0.0210. The Bertz CT molecular complexity index is 774. The molecule has 0 atom stereocenters. The highest BCUT2D eigenvalue weighted by Gasteiger charge is 2.52. The highest BCUT2D eigenvalue weighted by atomic mass is 19.4. The van der Waals surface area contributed by atoms with Gasteiger partial charge in [0, 0.05) is 12.6 Å². The molecule has 1 aromatic carbocycles. The molecule has 1 heterocycles. The molecule has 134 valence electrons. The molecule has 1 fully saturated rings. The number of halogens is 3. The van der Waals surface area contributed by atoms with E-state index >= 15 is 0 Å². The predicted molar refractivity (Wildman–Crippen MR) is 82.0 cm³/mol. The number of alkyl halides is 3. The van der Waals surface area contributed by atoms with E-state index in [2.05, 4.69) is 6.58 Å². The number of urea groups is 1. The molecule has 0 N–H and O–H groups in total. The third kappa shape index (κ3) is 2.94. The lowest BCUT2D eigenvalue weighted by molar-refractivity contribution is -0.388. The largest absolute Gasteiger partial charge is 0.423 e. The maximum atomic E-state index is 13.1. The Morgan fingerprint density at radius 3 is 2.40 bits per heavy atom. The molecule has 3 amide bonds. The van der Waals surface area contributed by atoms with Gasteiger partial charge in [-0.05, 0) is 26.0 Å². The van der Waals surface area contributed by atoms with Crippen molar-refractivity contribution in [3.63, 3.8) is 0 Å². The summed E-state index contributed by atoms with van der Waals surface area (Å²) in [5.74, 6) is -0.735. The topological polar surface area (TPSA) is 83.8 Å². The van der Waals surface area contributed by atoms with Crippen molar-refractivity contribution < 1.29 is 27.7 Å². The van der Waals surface area contributed by atoms with E-state index in [0.717, 1.165) is 11.0 Å². The number of hydrogen-bond donors (Lipinski definition) is 0. The fourth-order valence-corrected chi connectivity index (χ4v) is 2.55. The van der Waals surface area contributed by atoms with Crippen LogP contribution < -0.4 is 4.90 Å². The quantitative estimate of drug-likeness (QED) is 0.358. The normalized spacial score (nSPS) is 17.2. The lowest BCUT2D eigenvalue weighted by Gasteiger charge is -2.26. The Balaban J connectivity index is 2.59. The first-order valence-corrected chi connectivity index (χ1v) is 7.05. The fraction of sp³-hybridized carbons (Fsp3) is 0.333. The average Bonchev–Trinajstić information content (AvgIpc) is 2.66. The number of amides is 3. The number of nitrogens with zero attached hydrogens (tertiary/aromatic N) is 3. The molecule has 0 radical (unpaired) electrons. The summed E-state index contributed by atoms with van der Waals surface area (Å²) in [6.07, 6.45) is -3.63. The zero-order chi connectivity index (χ0) is 19.2. The van der Waals surface area contributed by atoms with Crippen molar-refractivity contribution in [1.29, 1.82) is 0 Å². The summed E-state index contributed by atoms with van der Waals surface area (Å²) in [5, 5.41) is 10.8. The Kier molecular flexibility index (Phi) is 4.32. The van der Waals surface area contributed by atoms with Gasteiger partial charge in [0.2, 0.25) is 0 Å². The number of imide groups is 1. The predicted octanol–water partition coefficient (Wildman–Crippen LogP) is 3.35. The van der Waals surface area contributed by atoms with E-state index in [1.165, 1.54) is 19.9 Å². The zero-order valence-electron chi connectivity index (χ0n) is 13.3. The molecule has 25 heavy (non-hydrogen) atoms. The zero-order valence-corrected chi connectivity index (χ0v) is 13.3. The first-order valence-electron chi connectivity index (χ1n) is 7.05. The van der Waals surface area contributed by atoms with Crippen molar-refractivity contribution in [2.24, 2.45) is 0 Å². The molecule has 1 aliphatic heterocycles. The summed E-state index contributed by atoms with van der Waals surface area (Å²) in [4.78, 5) is 36.4. The van der Waals surface area contributed by atoms with E-state index in [-0.39, 0.29) is 12.2 Å². The van der Waals surface area contributed by atoms with Gasteiger partial charge in [-0.3, -0.25) is 14.9 Å². The molecule has 0 saturated carbocycles. The van der Waals surface area contributed by atoms with E-state index in [4.69, 9.17) is 0 Å². The van der Waals surface area contributed by atoms with Gasteiger partial charge in [0.1, 0.15) is 11.1 Å². The second-order valence-corrected chi connectivity index (χ2v) is 5.84. The molecule has 7 nitrogen and oxygen atoms in total. The number of carbonyl (C=O) groups is 2. The van der Waals surface area contributed by atoms with Gasteiger partial charge >= 0.3 is 12.2 Å². The number of anilines is 1. The molecule has 0 unspecified atom stereocenters. The standard InChI is InChI=1S/C15H14F3N3O4/c1-4-7-19-13(23)20(12(22)14(19,2)3)9-5-6-11(21(24)25)10(8-9)15(16,17)18/h4-6,8H,1,7H2,2-3H3. The minimum atomic E-state index is -5.01. The van der Waals surface area contributed by atoms with Crippen molar-refractivity contribution in [2.75, 3.05) is 11.4 Å². The van der Waals surface area contributed by atoms with Crippen LogP contribution in [0.15, 0.2) is 30.9 Å². The van der Waals surface area contributed by atoms with Gasteiger partial charge in [0.25, 0.3) is 11.6 Å². The Labute approximate surface area is 140 Å². The summed E-state index contributed by atoms with van der Waals surface area (Å²) in [6.45, 7) is 6.40. The number of nitro groups is 1. The fourth-order valence-electron chi connectivity index (χ4n) is 2.55. The van der Waals surface area contributed by atoms with Crippen molar-refractivity contribution in [3.05, 3.63) is 46.5 Å². The third-order valence-electron chi connectivity index (χ3n) is 3.88. The molecule has 10 heteroatoms. The van der Waals surface area contributed by atoms with Crippen LogP contribution in [0.25, 0.3) is 0 Å². The Morgan fingerprint density at radius 1 is 1.32 bits per heavy atom. The third-order valence-corrected chi connectivity index (χ3v) is 3.88. The molecule has 1 aromatic rings. The lowest BCUT2D eigenvalue weighted by atomic mass is 10.0. The first kappa shape index (κ1) is 18.4. The molecular weight excluding hydrogens is 343 g/mol. The minimum Gasteiger partial charge on any atom is -0.306 e. The van der Waals surface area contributed by atoms with Crippen LogP contribution in [0.4, 0.5) is 29.3 Å². The van der Waals surface area contributed by atoms with Gasteiger partial charge in [0.05, 0.1) is 10.6 Å². The smallest absolute Gasteiger partial charge is 0.306 e. The van der Waals surface area contributed by atoms with Gasteiger partial charge in [-0.15, -0.1) is 6.58 Å². The number of carbonyl (C=O) groups excluding carboxylic acids is 2. The number of nitro benzene ring substituents is 1. The highest BCUT2D eigenvalue weighted by molar-refractivity contribution is 6.23. The maximum absolute atomic E-state index is 13.1. The van der Waals surface area contributed by atoms with Gasteiger partial charge < -0.3 is 4.90 Å². The lowest BCUT2D eigenvalue weighted by Crippen LogP contribution is -2.44. The Morgan fingerprint density at radius 2 is 1.92 bits per heavy atom. The number of hydrogen-bond acceptors (Lipinski definition) is 4. The summed E-state index contributed by atoms with van der Waals surface area (Å²) < 4.78 is 39.3. The van der Waals surface area contributed by atoms with E-state index < -0.39 is 39.8 Å². The van der Waals surface area contributed by atoms with Gasteiger partial charge in [-0.1, -0.05) is 6.08 Å². The molecule has 1 aliphatic rings. The maximum Gasteiger partial charge on any atom is 0.423 e. The first-order chi connectivity index (χ1) is 11.4. The average molecular weight is 357 g/mol. The van der Waals surface area contributed by atoms with E-state index in [1.807, 2.05) is 0 Å². The van der Waals surface area contributed by atoms with E-state index in [0.29, 0.717) is 17.0 Å². The summed E-state index contributed by atoms with van der Waals surface area (Å²) in [7, 11) is 0. The van der Waals surface area contributed by atoms with Crippen molar-refractivity contribution in [3.8, 4) is 0 Å². The van der Waals surface area contributed by atoms with Gasteiger partial charge in [0.15, 0.2) is 0 Å². The van der Waals surface area contributed by atoms with Gasteiger partial charge in [-0.25, -0.2) is 9.69 Å². The summed E-state index contributed by atoms with van der Waals surface area (Å²) in [5.41, 5.74) is -4.36. The van der Waals surface area contributed by atoms with Gasteiger partial charge in [-0.2, -0.15) is 13.2 Å². The molecule has 2 rings (SSSR count). The summed E-state index contributed by atoms with van der Waals surface area (Å²) >= 11 is 0. The van der Waals surface area contributed by atoms with Crippen molar-refractivity contribution >= 4 is 23.3 Å². The van der Waals surface area contributed by atoms with Crippen LogP contribution in [0, 0.1) is 10.1 Å². The van der Waals surface area contributed by atoms with Crippen LogP contribution in [0.3, 0.4) is 0 Å². The van der Waals surface area contributed by atoms with Crippen LogP contribution in [0.1, 0.15) is 19.4 Å². The van der Waals surface area contributed by atoms with E-state index in [1.54, 1.807) is 0 Å². The molecule has 0 bridgehead atoms. The summed E-state index contributed by atoms with van der Waals surface area (Å²) in [6, 6.07) is 1.18. The van der Waals surface area contributed by atoms with Crippen molar-refractivity contribution in [2.45, 2.75) is 25.6 Å². The van der Waals surface area contributed by atoms with Crippen LogP contribution in [0.2, 0.25) is 0 Å².